The average Bonchev–Trinajstić information content (AvgIpc) is 2.92. The highest BCUT2D eigenvalue weighted by atomic mass is 32.2. The first-order chi connectivity index (χ1) is 17.4. The highest BCUT2D eigenvalue weighted by Gasteiger charge is 2.22. The van der Waals surface area contributed by atoms with Crippen LogP contribution in [-0.4, -0.2) is 34.5 Å². The molecule has 0 saturated carbocycles. The first kappa shape index (κ1) is 24.6. The zero-order valence-electron chi connectivity index (χ0n) is 19.6. The molecular formula is C29H24N4O2S. The zero-order valence-corrected chi connectivity index (χ0v) is 20.4. The number of benzene rings is 3. The smallest absolute Gasteiger partial charge is 0.261 e. The Morgan fingerprint density at radius 1 is 0.889 bits per heavy atom. The summed E-state index contributed by atoms with van der Waals surface area (Å²) in [6, 6.07) is 26.9. The molecule has 2 amide bonds. The minimum atomic E-state index is -0.391. The van der Waals surface area contributed by atoms with Gasteiger partial charge in [-0.1, -0.05) is 48.2 Å². The van der Waals surface area contributed by atoms with E-state index < -0.39 is 5.91 Å². The average molecular weight is 493 g/mol. The quantitative estimate of drug-likeness (QED) is 0.193. The summed E-state index contributed by atoms with van der Waals surface area (Å²) in [6.45, 7) is 0. The molecule has 7 heteroatoms. The number of hydrogen-bond acceptors (Lipinski definition) is 6. The normalized spacial score (nSPS) is 10.8. The summed E-state index contributed by atoms with van der Waals surface area (Å²) in [5, 5.41) is 8.38. The van der Waals surface area contributed by atoms with E-state index in [9.17, 15) is 9.59 Å². The third-order valence-corrected chi connectivity index (χ3v) is 6.46. The lowest BCUT2D eigenvalue weighted by Gasteiger charge is -2.17. The largest absolute Gasteiger partial charge is 0.398 e. The van der Waals surface area contributed by atoms with Gasteiger partial charge in [-0.25, -0.2) is 0 Å². The van der Waals surface area contributed by atoms with Gasteiger partial charge in [-0.15, -0.1) is 0 Å². The fourth-order valence-electron chi connectivity index (χ4n) is 3.49. The van der Waals surface area contributed by atoms with Crippen LogP contribution in [0.1, 0.15) is 32.0 Å². The van der Waals surface area contributed by atoms with Crippen molar-refractivity contribution < 1.29 is 9.59 Å². The molecule has 36 heavy (non-hydrogen) atoms. The summed E-state index contributed by atoms with van der Waals surface area (Å²) in [6.07, 6.45) is 5.12. The van der Waals surface area contributed by atoms with Gasteiger partial charge in [0.25, 0.3) is 11.8 Å². The summed E-state index contributed by atoms with van der Waals surface area (Å²) in [7, 11) is 1.48. The molecule has 4 rings (SSSR count). The van der Waals surface area contributed by atoms with Gasteiger partial charge in [-0.3, -0.25) is 19.5 Å². The van der Waals surface area contributed by atoms with Crippen LogP contribution in [0.25, 0.3) is 6.08 Å². The number of nitrogens with zero attached hydrogens (tertiary/aromatic N) is 2. The number of hydrogen-bond donors (Lipinski definition) is 2. The Labute approximate surface area is 214 Å². The van der Waals surface area contributed by atoms with E-state index in [0.29, 0.717) is 27.3 Å². The predicted octanol–water partition coefficient (Wildman–Crippen LogP) is 5.81. The van der Waals surface area contributed by atoms with E-state index in [0.717, 1.165) is 15.5 Å². The minimum Gasteiger partial charge on any atom is -0.398 e. The predicted molar refractivity (Wildman–Crippen MR) is 144 cm³/mol. The molecule has 0 bridgehead atoms. The Kier molecular flexibility index (Phi) is 7.72. The van der Waals surface area contributed by atoms with Crippen LogP contribution in [0, 0.1) is 5.41 Å². The van der Waals surface area contributed by atoms with Gasteiger partial charge in [-0.05, 0) is 66.7 Å². The number of rotatable bonds is 7. The minimum absolute atomic E-state index is 0.270. The van der Waals surface area contributed by atoms with Gasteiger partial charge in [0, 0.05) is 39.8 Å². The molecule has 0 fully saturated rings. The number of imide groups is 1. The number of nitrogen functional groups attached to an aromatic ring is 1. The fraction of sp³-hybridized carbons (Fsp3) is 0.0345. The Morgan fingerprint density at radius 3 is 2.33 bits per heavy atom. The van der Waals surface area contributed by atoms with Crippen molar-refractivity contribution >= 4 is 41.1 Å². The molecule has 0 spiro atoms. The van der Waals surface area contributed by atoms with E-state index in [1.54, 1.807) is 66.9 Å². The van der Waals surface area contributed by atoms with Crippen molar-refractivity contribution in [2.45, 2.75) is 9.79 Å². The maximum Gasteiger partial charge on any atom is 0.261 e. The van der Waals surface area contributed by atoms with E-state index in [1.165, 1.54) is 18.8 Å². The molecule has 1 aromatic heterocycles. The number of nitrogens with one attached hydrogen (secondary N) is 1. The molecule has 0 atom stereocenters. The molecule has 3 N–H and O–H groups in total. The molecule has 0 aliphatic carbocycles. The van der Waals surface area contributed by atoms with Crippen LogP contribution in [0.5, 0.6) is 0 Å². The molecular weight excluding hydrogens is 468 g/mol. The second-order valence-electron chi connectivity index (χ2n) is 7.88. The van der Waals surface area contributed by atoms with Gasteiger partial charge >= 0.3 is 0 Å². The molecule has 0 radical (unpaired) electrons. The number of pyridine rings is 1. The fourth-order valence-corrected chi connectivity index (χ4v) is 4.48. The van der Waals surface area contributed by atoms with Gasteiger partial charge in [0.1, 0.15) is 0 Å². The lowest BCUT2D eigenvalue weighted by molar-refractivity contribution is 0.0654. The lowest BCUT2D eigenvalue weighted by Crippen LogP contribution is -2.33. The monoisotopic (exact) mass is 492 g/mol. The second-order valence-corrected chi connectivity index (χ2v) is 9.00. The van der Waals surface area contributed by atoms with Crippen LogP contribution < -0.4 is 5.73 Å². The summed E-state index contributed by atoms with van der Waals surface area (Å²) in [4.78, 5) is 32.8. The van der Waals surface area contributed by atoms with E-state index >= 15 is 0 Å². The highest BCUT2D eigenvalue weighted by Crippen LogP contribution is 2.33. The summed E-state index contributed by atoms with van der Waals surface area (Å²) in [5.74, 6) is -0.760. The van der Waals surface area contributed by atoms with Crippen molar-refractivity contribution in [3.63, 3.8) is 0 Å². The van der Waals surface area contributed by atoms with Crippen molar-refractivity contribution in [1.82, 2.24) is 9.88 Å². The standard InChI is InChI=1S/C29H24N4O2S/c1-33(28(34)20-9-3-2-4-10-20)29(35)24-12-5-6-13-27(24)36-22-15-16-23(26(31)19-22)25(30)17-14-21-11-7-8-18-32-21/h2-19,30H,31H2,1H3/b17-14+,30-25?. The first-order valence-corrected chi connectivity index (χ1v) is 12.0. The van der Waals surface area contributed by atoms with Crippen LogP contribution in [0.4, 0.5) is 5.69 Å². The Hall–Kier alpha value is -4.49. The topological polar surface area (TPSA) is 100 Å². The highest BCUT2D eigenvalue weighted by molar-refractivity contribution is 7.99. The van der Waals surface area contributed by atoms with Crippen LogP contribution in [-0.2, 0) is 0 Å². The van der Waals surface area contributed by atoms with Crippen molar-refractivity contribution in [3.05, 3.63) is 126 Å². The number of anilines is 1. The second kappa shape index (κ2) is 11.3. The Balaban J connectivity index is 1.52. The number of carbonyl (C=O) groups excluding carboxylic acids is 2. The van der Waals surface area contributed by atoms with Crippen LogP contribution in [0.3, 0.4) is 0 Å². The van der Waals surface area contributed by atoms with Crippen molar-refractivity contribution in [2.75, 3.05) is 12.8 Å². The van der Waals surface area contributed by atoms with Gasteiger partial charge < -0.3 is 11.1 Å². The van der Waals surface area contributed by atoms with Crippen LogP contribution >= 0.6 is 11.8 Å². The first-order valence-electron chi connectivity index (χ1n) is 11.2. The third-order valence-electron chi connectivity index (χ3n) is 5.40. The molecule has 4 aromatic rings. The Bertz CT molecular complexity index is 1440. The van der Waals surface area contributed by atoms with Gasteiger partial charge in [0.05, 0.1) is 17.0 Å². The summed E-state index contributed by atoms with van der Waals surface area (Å²) in [5.41, 5.74) is 9.22. The number of aromatic nitrogens is 1. The van der Waals surface area contributed by atoms with E-state index in [4.69, 9.17) is 11.1 Å². The molecule has 3 aromatic carbocycles. The number of nitrogens with two attached hydrogens (primary N) is 1. The molecule has 1 heterocycles. The molecule has 0 aliphatic rings. The Morgan fingerprint density at radius 2 is 1.61 bits per heavy atom. The molecule has 0 aliphatic heterocycles. The summed E-state index contributed by atoms with van der Waals surface area (Å²) < 4.78 is 0. The number of allylic oxidation sites excluding steroid dienone is 1. The van der Waals surface area contributed by atoms with Crippen LogP contribution in [0.15, 0.2) is 113 Å². The SMILES string of the molecule is CN(C(=O)c1ccccc1)C(=O)c1ccccc1Sc1ccc(C(=N)/C=C/c2ccccn2)c(N)c1. The molecule has 0 saturated heterocycles. The van der Waals surface area contributed by atoms with Gasteiger partial charge in [0.2, 0.25) is 0 Å². The van der Waals surface area contributed by atoms with Gasteiger partial charge in [0.15, 0.2) is 0 Å². The van der Waals surface area contributed by atoms with Crippen molar-refractivity contribution in [2.24, 2.45) is 0 Å². The van der Waals surface area contributed by atoms with E-state index in [2.05, 4.69) is 4.98 Å². The maximum absolute atomic E-state index is 13.2. The van der Waals surface area contributed by atoms with Crippen molar-refractivity contribution in [1.29, 1.82) is 5.41 Å². The van der Waals surface area contributed by atoms with Gasteiger partial charge in [-0.2, -0.15) is 0 Å². The molecule has 178 valence electrons. The molecule has 0 unspecified atom stereocenters. The summed E-state index contributed by atoms with van der Waals surface area (Å²) >= 11 is 1.37. The van der Waals surface area contributed by atoms with E-state index in [-0.39, 0.29) is 11.6 Å². The number of amides is 2. The zero-order chi connectivity index (χ0) is 25.5. The van der Waals surface area contributed by atoms with E-state index in [1.807, 2.05) is 42.5 Å². The number of carbonyl (C=O) groups is 2. The van der Waals surface area contributed by atoms with Crippen LogP contribution in [0.2, 0.25) is 0 Å². The molecule has 6 nitrogen and oxygen atoms in total. The lowest BCUT2D eigenvalue weighted by atomic mass is 10.1. The maximum atomic E-state index is 13.2. The van der Waals surface area contributed by atoms with Crippen molar-refractivity contribution in [3.8, 4) is 0 Å². The third kappa shape index (κ3) is 5.76.